The zero-order valence-corrected chi connectivity index (χ0v) is 16.0. The molecule has 146 valence electrons. The predicted molar refractivity (Wildman–Crippen MR) is 108 cm³/mol. The number of nitrogens with zero attached hydrogens (tertiary/aromatic N) is 2. The molecule has 0 saturated carbocycles. The van der Waals surface area contributed by atoms with Gasteiger partial charge in [0.2, 0.25) is 0 Å². The summed E-state index contributed by atoms with van der Waals surface area (Å²) < 4.78 is 5.05. The lowest BCUT2D eigenvalue weighted by atomic mass is 10.1. The molecule has 0 aromatic heterocycles. The third-order valence-electron chi connectivity index (χ3n) is 4.09. The summed E-state index contributed by atoms with van der Waals surface area (Å²) in [7, 11) is 1.55. The van der Waals surface area contributed by atoms with Crippen LogP contribution in [0.3, 0.4) is 0 Å². The van der Waals surface area contributed by atoms with E-state index in [0.717, 1.165) is 5.56 Å². The standard InChI is InChI=1S/C22H19N3O4/c1-15-5-3-4-6-20(15)22(27)29-25-18-11-9-17(10-12-18)23-24-21(26)16-7-13-19(28-2)14-8-16/h3-14,25H,1-2H3. The summed E-state index contributed by atoms with van der Waals surface area (Å²) in [6.07, 6.45) is 0. The van der Waals surface area contributed by atoms with Gasteiger partial charge in [-0.3, -0.25) is 4.79 Å². The van der Waals surface area contributed by atoms with Crippen LogP contribution in [0, 0.1) is 6.92 Å². The zero-order valence-electron chi connectivity index (χ0n) is 16.0. The summed E-state index contributed by atoms with van der Waals surface area (Å²) in [6.45, 7) is 1.84. The molecule has 0 spiro atoms. The van der Waals surface area contributed by atoms with Crippen LogP contribution in [0.25, 0.3) is 0 Å². The Labute approximate surface area is 168 Å². The maximum atomic E-state index is 12.1. The van der Waals surface area contributed by atoms with Crippen LogP contribution >= 0.6 is 0 Å². The van der Waals surface area contributed by atoms with Crippen LogP contribution in [0.2, 0.25) is 0 Å². The number of carbonyl (C=O) groups excluding carboxylic acids is 2. The van der Waals surface area contributed by atoms with Crippen LogP contribution in [-0.4, -0.2) is 19.0 Å². The van der Waals surface area contributed by atoms with Gasteiger partial charge in [-0.05, 0) is 67.1 Å². The van der Waals surface area contributed by atoms with E-state index in [2.05, 4.69) is 15.7 Å². The molecule has 0 aliphatic rings. The maximum absolute atomic E-state index is 12.1. The first-order valence-electron chi connectivity index (χ1n) is 8.80. The predicted octanol–water partition coefficient (Wildman–Crippen LogP) is 5.11. The van der Waals surface area contributed by atoms with Crippen molar-refractivity contribution in [2.45, 2.75) is 6.92 Å². The third-order valence-corrected chi connectivity index (χ3v) is 4.09. The average molecular weight is 389 g/mol. The topological polar surface area (TPSA) is 89.3 Å². The molecule has 3 aromatic rings. The Morgan fingerprint density at radius 2 is 1.59 bits per heavy atom. The van der Waals surface area contributed by atoms with Gasteiger partial charge in [0.05, 0.1) is 24.0 Å². The molecule has 0 radical (unpaired) electrons. The lowest BCUT2D eigenvalue weighted by Gasteiger charge is -2.08. The molecule has 1 N–H and O–H groups in total. The van der Waals surface area contributed by atoms with Gasteiger partial charge in [-0.1, -0.05) is 18.2 Å². The normalized spacial score (nSPS) is 10.6. The van der Waals surface area contributed by atoms with Gasteiger partial charge in [0.1, 0.15) is 5.75 Å². The minimum absolute atomic E-state index is 0.413. The van der Waals surface area contributed by atoms with E-state index in [1.807, 2.05) is 19.1 Å². The molecule has 3 aromatic carbocycles. The first kappa shape index (κ1) is 19.8. The highest BCUT2D eigenvalue weighted by Crippen LogP contribution is 2.18. The van der Waals surface area contributed by atoms with Crippen molar-refractivity contribution < 1.29 is 19.2 Å². The molecular formula is C22H19N3O4. The van der Waals surface area contributed by atoms with Crippen LogP contribution in [0.5, 0.6) is 5.75 Å². The van der Waals surface area contributed by atoms with Crippen molar-refractivity contribution in [1.29, 1.82) is 0 Å². The highest BCUT2D eigenvalue weighted by Gasteiger charge is 2.10. The molecule has 29 heavy (non-hydrogen) atoms. The number of methoxy groups -OCH3 is 1. The van der Waals surface area contributed by atoms with E-state index in [9.17, 15) is 9.59 Å². The summed E-state index contributed by atoms with van der Waals surface area (Å²) in [5, 5.41) is 7.64. The largest absolute Gasteiger partial charge is 0.497 e. The highest BCUT2D eigenvalue weighted by molar-refractivity contribution is 5.94. The van der Waals surface area contributed by atoms with E-state index in [1.54, 1.807) is 67.8 Å². The van der Waals surface area contributed by atoms with E-state index in [-0.39, 0.29) is 0 Å². The Hall–Kier alpha value is -4.00. The summed E-state index contributed by atoms with van der Waals surface area (Å²) in [4.78, 5) is 29.3. The number of hydrogen-bond donors (Lipinski definition) is 1. The molecule has 7 nitrogen and oxygen atoms in total. The van der Waals surface area contributed by atoms with Crippen molar-refractivity contribution in [2.24, 2.45) is 10.2 Å². The number of hydrogen-bond acceptors (Lipinski definition) is 6. The molecule has 0 aliphatic carbocycles. The van der Waals surface area contributed by atoms with Crippen molar-refractivity contribution in [3.8, 4) is 5.75 Å². The molecule has 3 rings (SSSR count). The minimum Gasteiger partial charge on any atom is -0.497 e. The van der Waals surface area contributed by atoms with Gasteiger partial charge in [-0.2, -0.15) is 0 Å². The number of aryl methyl sites for hydroxylation is 1. The van der Waals surface area contributed by atoms with Crippen molar-refractivity contribution in [2.75, 3.05) is 12.6 Å². The molecule has 1 amide bonds. The molecule has 0 bridgehead atoms. The maximum Gasteiger partial charge on any atom is 0.363 e. The number of amides is 1. The summed E-state index contributed by atoms with van der Waals surface area (Å²) >= 11 is 0. The monoisotopic (exact) mass is 389 g/mol. The van der Waals surface area contributed by atoms with E-state index in [0.29, 0.717) is 28.3 Å². The fraction of sp³-hybridized carbons (Fsp3) is 0.0909. The van der Waals surface area contributed by atoms with Crippen molar-refractivity contribution >= 4 is 23.3 Å². The number of anilines is 1. The highest BCUT2D eigenvalue weighted by atomic mass is 16.7. The van der Waals surface area contributed by atoms with Gasteiger partial charge in [-0.25, -0.2) is 10.3 Å². The van der Waals surface area contributed by atoms with Crippen LogP contribution < -0.4 is 10.2 Å². The van der Waals surface area contributed by atoms with E-state index in [4.69, 9.17) is 9.57 Å². The molecule has 0 aliphatic heterocycles. The lowest BCUT2D eigenvalue weighted by molar-refractivity contribution is 0.0595. The summed E-state index contributed by atoms with van der Waals surface area (Å²) in [6, 6.07) is 20.4. The first-order chi connectivity index (χ1) is 14.1. The zero-order chi connectivity index (χ0) is 20.6. The smallest absolute Gasteiger partial charge is 0.363 e. The van der Waals surface area contributed by atoms with Gasteiger partial charge in [0.15, 0.2) is 0 Å². The molecule has 7 heteroatoms. The second kappa shape index (κ2) is 9.27. The minimum atomic E-state index is -0.475. The number of carbonyl (C=O) groups is 2. The fourth-order valence-corrected chi connectivity index (χ4v) is 2.45. The number of ether oxygens (including phenoxy) is 1. The van der Waals surface area contributed by atoms with Crippen LogP contribution in [-0.2, 0) is 4.84 Å². The average Bonchev–Trinajstić information content (AvgIpc) is 2.77. The Bertz CT molecular complexity index is 1030. The van der Waals surface area contributed by atoms with Crippen molar-refractivity contribution in [3.05, 3.63) is 89.5 Å². The van der Waals surface area contributed by atoms with Gasteiger partial charge in [0.25, 0.3) is 5.91 Å². The van der Waals surface area contributed by atoms with E-state index >= 15 is 0 Å². The van der Waals surface area contributed by atoms with Crippen LogP contribution in [0.1, 0.15) is 26.3 Å². The molecule has 0 saturated heterocycles. The molecule has 0 unspecified atom stereocenters. The molecular weight excluding hydrogens is 370 g/mol. The van der Waals surface area contributed by atoms with E-state index < -0.39 is 11.9 Å². The van der Waals surface area contributed by atoms with Gasteiger partial charge in [0, 0.05) is 5.56 Å². The van der Waals surface area contributed by atoms with Gasteiger partial charge >= 0.3 is 5.97 Å². The Balaban J connectivity index is 1.56. The molecule has 0 fully saturated rings. The van der Waals surface area contributed by atoms with Gasteiger partial charge < -0.3 is 9.57 Å². The van der Waals surface area contributed by atoms with Crippen LogP contribution in [0.4, 0.5) is 11.4 Å². The van der Waals surface area contributed by atoms with Crippen molar-refractivity contribution in [3.63, 3.8) is 0 Å². The fourth-order valence-electron chi connectivity index (χ4n) is 2.45. The Morgan fingerprint density at radius 1 is 0.897 bits per heavy atom. The molecule has 0 atom stereocenters. The number of benzene rings is 3. The summed E-state index contributed by atoms with van der Waals surface area (Å²) in [5.74, 6) is -0.274. The lowest BCUT2D eigenvalue weighted by Crippen LogP contribution is -2.11. The van der Waals surface area contributed by atoms with Crippen LogP contribution in [0.15, 0.2) is 83.0 Å². The second-order valence-corrected chi connectivity index (χ2v) is 6.09. The summed E-state index contributed by atoms with van der Waals surface area (Å²) in [5.41, 5.74) is 5.38. The van der Waals surface area contributed by atoms with Crippen molar-refractivity contribution in [1.82, 2.24) is 0 Å². The van der Waals surface area contributed by atoms with E-state index in [1.165, 1.54) is 0 Å². The van der Waals surface area contributed by atoms with Gasteiger partial charge in [-0.15, -0.1) is 10.2 Å². The third kappa shape index (κ3) is 5.26. The Morgan fingerprint density at radius 3 is 2.24 bits per heavy atom. The number of azo groups is 1. The SMILES string of the molecule is COc1ccc(C(=O)N=Nc2ccc(NOC(=O)c3ccccc3C)cc2)cc1. The first-order valence-corrected chi connectivity index (χ1v) is 8.80. The number of nitrogens with one attached hydrogen (secondary N) is 1. The molecule has 0 heterocycles. The Kier molecular flexibility index (Phi) is 6.32. The number of rotatable bonds is 6. The second-order valence-electron chi connectivity index (χ2n) is 6.09. The quantitative estimate of drug-likeness (QED) is 0.467.